The molecule has 1 aromatic rings. The van der Waals surface area contributed by atoms with Gasteiger partial charge in [0.25, 0.3) is 0 Å². The molecule has 3 nitrogen and oxygen atoms in total. The lowest BCUT2D eigenvalue weighted by Gasteiger charge is -2.45. The molecule has 1 fully saturated rings. The van der Waals surface area contributed by atoms with Gasteiger partial charge in [-0.1, -0.05) is 50.6 Å². The maximum atomic E-state index is 11.8. The smallest absolute Gasteiger partial charge is 0.303 e. The van der Waals surface area contributed by atoms with E-state index in [1.165, 1.54) is 13.3 Å². The van der Waals surface area contributed by atoms with Crippen LogP contribution >= 0.6 is 12.4 Å². The van der Waals surface area contributed by atoms with E-state index < -0.39 is 5.60 Å². The van der Waals surface area contributed by atoms with Gasteiger partial charge in [0, 0.05) is 19.4 Å². The van der Waals surface area contributed by atoms with E-state index >= 15 is 0 Å². The van der Waals surface area contributed by atoms with E-state index in [-0.39, 0.29) is 18.4 Å². The van der Waals surface area contributed by atoms with Crippen molar-refractivity contribution in [2.24, 2.45) is 5.92 Å². The van der Waals surface area contributed by atoms with E-state index in [1.807, 2.05) is 18.2 Å². The number of carbonyl (C=O) groups excluding carboxylic acids is 1. The Morgan fingerprint density at radius 1 is 1.22 bits per heavy atom. The number of esters is 1. The molecule has 0 saturated heterocycles. The number of hydrogen-bond acceptors (Lipinski definition) is 3. The van der Waals surface area contributed by atoms with Crippen LogP contribution in [-0.4, -0.2) is 30.5 Å². The fourth-order valence-electron chi connectivity index (χ4n) is 3.80. The summed E-state index contributed by atoms with van der Waals surface area (Å²) < 4.78 is 6.00. The third-order valence-electron chi connectivity index (χ3n) is 4.97. The predicted molar refractivity (Wildman–Crippen MR) is 96.9 cm³/mol. The first-order valence-electron chi connectivity index (χ1n) is 8.59. The predicted octanol–water partition coefficient (Wildman–Crippen LogP) is 4.40. The number of hydrogen-bond donors (Lipinski definition) is 0. The topological polar surface area (TPSA) is 29.5 Å². The lowest BCUT2D eigenvalue weighted by molar-refractivity contribution is -0.172. The summed E-state index contributed by atoms with van der Waals surface area (Å²) in [6, 6.07) is 10.3. The number of rotatable bonds is 6. The molecular weight excluding hydrogens is 310 g/mol. The Morgan fingerprint density at radius 3 is 2.43 bits per heavy atom. The summed E-state index contributed by atoms with van der Waals surface area (Å²) in [5.41, 5.74) is 0.704. The standard InChI is InChI=1S/C19H29NO2.ClH/c1-4-20(5-2)15-18-13-9-10-14-19(18,22-16(3)21)17-11-7-6-8-12-17;/h6-8,11-12,18H,4-5,9-10,13-15H2,1-3H3;1H. The van der Waals surface area contributed by atoms with Gasteiger partial charge in [-0.25, -0.2) is 0 Å². The van der Waals surface area contributed by atoms with Crippen LogP contribution in [-0.2, 0) is 15.1 Å². The highest BCUT2D eigenvalue weighted by molar-refractivity contribution is 5.85. The van der Waals surface area contributed by atoms with Crippen LogP contribution in [0.2, 0.25) is 0 Å². The Labute approximate surface area is 146 Å². The number of ether oxygens (including phenoxy) is 1. The molecule has 130 valence electrons. The first-order valence-corrected chi connectivity index (χ1v) is 8.59. The van der Waals surface area contributed by atoms with Gasteiger partial charge in [-0.15, -0.1) is 12.4 Å². The zero-order chi connectivity index (χ0) is 16.0. The molecule has 1 aliphatic rings. The van der Waals surface area contributed by atoms with Crippen LogP contribution in [0.5, 0.6) is 0 Å². The average Bonchev–Trinajstić information content (AvgIpc) is 2.54. The van der Waals surface area contributed by atoms with Crippen molar-refractivity contribution in [2.75, 3.05) is 19.6 Å². The maximum absolute atomic E-state index is 11.8. The average molecular weight is 340 g/mol. The second-order valence-corrected chi connectivity index (χ2v) is 6.28. The second kappa shape index (κ2) is 9.29. The van der Waals surface area contributed by atoms with Crippen LogP contribution in [0.1, 0.15) is 52.0 Å². The highest BCUT2D eigenvalue weighted by atomic mass is 35.5. The van der Waals surface area contributed by atoms with Crippen molar-refractivity contribution < 1.29 is 9.53 Å². The molecule has 0 amide bonds. The lowest BCUT2D eigenvalue weighted by atomic mass is 9.71. The number of halogens is 1. The summed E-state index contributed by atoms with van der Waals surface area (Å²) in [5.74, 6) is 0.197. The van der Waals surface area contributed by atoms with Crippen molar-refractivity contribution in [3.8, 4) is 0 Å². The maximum Gasteiger partial charge on any atom is 0.303 e. The van der Waals surface area contributed by atoms with E-state index in [0.29, 0.717) is 5.92 Å². The van der Waals surface area contributed by atoms with Gasteiger partial charge >= 0.3 is 5.97 Å². The molecule has 2 rings (SSSR count). The molecule has 0 heterocycles. The van der Waals surface area contributed by atoms with Gasteiger partial charge in [0.05, 0.1) is 0 Å². The summed E-state index contributed by atoms with van der Waals surface area (Å²) in [4.78, 5) is 14.3. The Hall–Kier alpha value is -1.06. The molecular formula is C19H30ClNO2. The Morgan fingerprint density at radius 2 is 1.87 bits per heavy atom. The molecule has 1 saturated carbocycles. The molecule has 0 aromatic heterocycles. The zero-order valence-corrected chi connectivity index (χ0v) is 15.4. The van der Waals surface area contributed by atoms with Crippen LogP contribution in [0, 0.1) is 5.92 Å². The minimum atomic E-state index is -0.450. The first kappa shape index (κ1) is 20.0. The van der Waals surface area contributed by atoms with E-state index in [4.69, 9.17) is 4.74 Å². The summed E-state index contributed by atoms with van der Waals surface area (Å²) in [6.07, 6.45) is 4.40. The zero-order valence-electron chi connectivity index (χ0n) is 14.6. The number of carbonyl (C=O) groups is 1. The summed E-state index contributed by atoms with van der Waals surface area (Å²) in [7, 11) is 0. The van der Waals surface area contributed by atoms with Crippen molar-refractivity contribution in [3.05, 3.63) is 35.9 Å². The van der Waals surface area contributed by atoms with Crippen molar-refractivity contribution >= 4 is 18.4 Å². The molecule has 4 heteroatoms. The lowest BCUT2D eigenvalue weighted by Crippen LogP contribution is -2.47. The van der Waals surface area contributed by atoms with Gasteiger partial charge in [-0.3, -0.25) is 4.79 Å². The molecule has 0 aliphatic heterocycles. The van der Waals surface area contributed by atoms with Crippen LogP contribution in [0.4, 0.5) is 0 Å². The third-order valence-corrected chi connectivity index (χ3v) is 4.97. The second-order valence-electron chi connectivity index (χ2n) is 6.28. The summed E-state index contributed by atoms with van der Waals surface area (Å²) in [6.45, 7) is 9.00. The molecule has 0 N–H and O–H groups in total. The van der Waals surface area contributed by atoms with Gasteiger partial charge in [0.1, 0.15) is 5.60 Å². The van der Waals surface area contributed by atoms with Gasteiger partial charge in [-0.2, -0.15) is 0 Å². The van der Waals surface area contributed by atoms with Gasteiger partial charge in [0.15, 0.2) is 0 Å². The quantitative estimate of drug-likeness (QED) is 0.719. The number of benzene rings is 1. The Bertz CT molecular complexity index is 476. The Balaban J connectivity index is 0.00000264. The summed E-state index contributed by atoms with van der Waals surface area (Å²) >= 11 is 0. The van der Waals surface area contributed by atoms with Crippen LogP contribution < -0.4 is 0 Å². The molecule has 0 radical (unpaired) electrons. The number of nitrogens with zero attached hydrogens (tertiary/aromatic N) is 1. The van der Waals surface area contributed by atoms with Crippen molar-refractivity contribution in [1.82, 2.24) is 4.90 Å². The normalized spacial score (nSPS) is 24.1. The fraction of sp³-hybridized carbons (Fsp3) is 0.632. The first-order chi connectivity index (χ1) is 10.6. The highest BCUT2D eigenvalue weighted by Gasteiger charge is 2.45. The molecule has 2 unspecified atom stereocenters. The highest BCUT2D eigenvalue weighted by Crippen LogP contribution is 2.45. The van der Waals surface area contributed by atoms with Gasteiger partial charge < -0.3 is 9.64 Å². The van der Waals surface area contributed by atoms with Crippen molar-refractivity contribution in [1.29, 1.82) is 0 Å². The van der Waals surface area contributed by atoms with Gasteiger partial charge in [0.2, 0.25) is 0 Å². The monoisotopic (exact) mass is 339 g/mol. The largest absolute Gasteiger partial charge is 0.454 e. The molecule has 0 bridgehead atoms. The molecule has 0 spiro atoms. The Kier molecular flexibility index (Phi) is 8.07. The molecule has 1 aromatic carbocycles. The molecule has 1 aliphatic carbocycles. The third kappa shape index (κ3) is 4.71. The SMILES string of the molecule is CCN(CC)CC1CCCCC1(OC(C)=O)c1ccccc1.Cl. The molecule has 2 atom stereocenters. The van der Waals surface area contributed by atoms with Crippen molar-refractivity contribution in [3.63, 3.8) is 0 Å². The van der Waals surface area contributed by atoms with Crippen LogP contribution in [0.3, 0.4) is 0 Å². The minimum absolute atomic E-state index is 0. The van der Waals surface area contributed by atoms with E-state index in [0.717, 1.165) is 44.5 Å². The van der Waals surface area contributed by atoms with E-state index in [9.17, 15) is 4.79 Å². The van der Waals surface area contributed by atoms with E-state index in [2.05, 4.69) is 30.9 Å². The van der Waals surface area contributed by atoms with Crippen LogP contribution in [0.15, 0.2) is 30.3 Å². The molecule has 23 heavy (non-hydrogen) atoms. The van der Waals surface area contributed by atoms with E-state index in [1.54, 1.807) is 0 Å². The van der Waals surface area contributed by atoms with Gasteiger partial charge in [-0.05, 0) is 37.9 Å². The van der Waals surface area contributed by atoms with Crippen molar-refractivity contribution in [2.45, 2.75) is 52.1 Å². The summed E-state index contributed by atoms with van der Waals surface area (Å²) in [5, 5.41) is 0. The minimum Gasteiger partial charge on any atom is -0.454 e. The fourth-order valence-corrected chi connectivity index (χ4v) is 3.80. The van der Waals surface area contributed by atoms with Crippen LogP contribution in [0.25, 0.3) is 0 Å².